The van der Waals surface area contributed by atoms with Gasteiger partial charge in [-0.05, 0) is 18.6 Å². The van der Waals surface area contributed by atoms with Crippen LogP contribution in [0.5, 0.6) is 0 Å². The molecule has 0 bridgehead atoms. The highest BCUT2D eigenvalue weighted by Crippen LogP contribution is 2.18. The van der Waals surface area contributed by atoms with E-state index in [4.69, 9.17) is 10.5 Å². The fraction of sp³-hybridized carbons (Fsp3) is 0.273. The first-order valence-electron chi connectivity index (χ1n) is 4.57. The van der Waals surface area contributed by atoms with Crippen molar-refractivity contribution in [2.24, 2.45) is 10.2 Å². The molecule has 0 radical (unpaired) electrons. The Kier molecular flexibility index (Phi) is 3.54. The Hall–Kier alpha value is -2.20. The molecule has 0 amide bonds. The smallest absolute Gasteiger partial charge is 0.194 e. The molecule has 0 fully saturated rings. The third-order valence-electron chi connectivity index (χ3n) is 1.97. The highest BCUT2D eigenvalue weighted by atomic mass is 15.1. The predicted molar refractivity (Wildman–Crippen MR) is 55.2 cm³/mol. The van der Waals surface area contributed by atoms with Gasteiger partial charge in [-0.1, -0.05) is 25.1 Å². The summed E-state index contributed by atoms with van der Waals surface area (Å²) in [5, 5.41) is 25.3. The molecule has 0 spiro atoms. The van der Waals surface area contributed by atoms with E-state index in [1.165, 1.54) is 0 Å². The van der Waals surface area contributed by atoms with Gasteiger partial charge in [-0.15, -0.1) is 0 Å². The predicted octanol–water partition coefficient (Wildman–Crippen LogP) is 2.97. The molecule has 0 saturated heterocycles. The Morgan fingerprint density at radius 3 is 2.27 bits per heavy atom. The van der Waals surface area contributed by atoms with Crippen molar-refractivity contribution in [1.82, 2.24) is 0 Å². The van der Waals surface area contributed by atoms with Crippen LogP contribution >= 0.6 is 0 Å². The van der Waals surface area contributed by atoms with Crippen LogP contribution in [-0.4, -0.2) is 5.54 Å². The van der Waals surface area contributed by atoms with Crippen molar-refractivity contribution in [3.63, 3.8) is 0 Å². The average molecular weight is 198 g/mol. The van der Waals surface area contributed by atoms with E-state index in [0.29, 0.717) is 12.1 Å². The molecule has 15 heavy (non-hydrogen) atoms. The van der Waals surface area contributed by atoms with Gasteiger partial charge in [0.15, 0.2) is 0 Å². The summed E-state index contributed by atoms with van der Waals surface area (Å²) in [6.45, 7) is 1.73. The maximum absolute atomic E-state index is 8.83. The molecular weight excluding hydrogens is 188 g/mol. The lowest BCUT2D eigenvalue weighted by atomic mass is 10.0. The third kappa shape index (κ3) is 2.62. The summed E-state index contributed by atoms with van der Waals surface area (Å²) in [5.74, 6) is 0. The zero-order valence-corrected chi connectivity index (χ0v) is 8.38. The summed E-state index contributed by atoms with van der Waals surface area (Å²) in [5.41, 5.74) is -0.712. The van der Waals surface area contributed by atoms with E-state index >= 15 is 0 Å². The molecule has 4 nitrogen and oxygen atoms in total. The summed E-state index contributed by atoms with van der Waals surface area (Å²) in [7, 11) is 0. The van der Waals surface area contributed by atoms with E-state index in [9.17, 15) is 0 Å². The number of hydrogen-bond donors (Lipinski definition) is 0. The van der Waals surface area contributed by atoms with Crippen LogP contribution in [0.2, 0.25) is 0 Å². The van der Waals surface area contributed by atoms with Crippen molar-refractivity contribution < 1.29 is 0 Å². The van der Waals surface area contributed by atoms with Crippen molar-refractivity contribution in [3.8, 4) is 12.1 Å². The maximum Gasteiger partial charge on any atom is 0.252 e. The first kappa shape index (κ1) is 10.9. The first-order chi connectivity index (χ1) is 7.26. The molecule has 0 N–H and O–H groups in total. The van der Waals surface area contributed by atoms with Gasteiger partial charge < -0.3 is 0 Å². The van der Waals surface area contributed by atoms with E-state index < -0.39 is 5.54 Å². The van der Waals surface area contributed by atoms with E-state index in [2.05, 4.69) is 10.2 Å². The minimum absolute atomic E-state index is 0.330. The molecule has 4 heteroatoms. The number of azo groups is 1. The Morgan fingerprint density at radius 2 is 1.80 bits per heavy atom. The van der Waals surface area contributed by atoms with Gasteiger partial charge in [0.25, 0.3) is 5.54 Å². The summed E-state index contributed by atoms with van der Waals surface area (Å²) < 4.78 is 0. The van der Waals surface area contributed by atoms with Crippen molar-refractivity contribution in [1.29, 1.82) is 10.5 Å². The lowest BCUT2D eigenvalue weighted by Crippen LogP contribution is -2.19. The molecule has 0 aliphatic carbocycles. The molecule has 0 atom stereocenters. The molecule has 1 rings (SSSR count). The molecule has 0 aliphatic rings. The number of rotatable bonds is 3. The Morgan fingerprint density at radius 1 is 1.20 bits per heavy atom. The summed E-state index contributed by atoms with van der Waals surface area (Å²) >= 11 is 0. The highest BCUT2D eigenvalue weighted by Gasteiger charge is 2.27. The van der Waals surface area contributed by atoms with Gasteiger partial charge in [0, 0.05) is 0 Å². The van der Waals surface area contributed by atoms with Crippen LogP contribution in [0.1, 0.15) is 13.3 Å². The molecular formula is C11H10N4. The molecule has 0 aromatic heterocycles. The van der Waals surface area contributed by atoms with Crippen LogP contribution in [0.15, 0.2) is 40.6 Å². The van der Waals surface area contributed by atoms with Crippen LogP contribution < -0.4 is 0 Å². The topological polar surface area (TPSA) is 72.3 Å². The fourth-order valence-electron chi connectivity index (χ4n) is 0.936. The number of hydrogen-bond acceptors (Lipinski definition) is 4. The molecule has 1 aromatic carbocycles. The van der Waals surface area contributed by atoms with Crippen LogP contribution in [0, 0.1) is 22.7 Å². The summed E-state index contributed by atoms with van der Waals surface area (Å²) in [6, 6.07) is 12.8. The minimum Gasteiger partial charge on any atom is -0.194 e. The molecule has 74 valence electrons. The SMILES string of the molecule is CCC(C#N)(C#N)N=Nc1ccccc1. The van der Waals surface area contributed by atoms with E-state index in [-0.39, 0.29) is 0 Å². The van der Waals surface area contributed by atoms with Gasteiger partial charge >= 0.3 is 0 Å². The average Bonchev–Trinajstić information content (AvgIpc) is 2.33. The first-order valence-corrected chi connectivity index (χ1v) is 4.57. The zero-order valence-electron chi connectivity index (χ0n) is 8.38. The molecule has 1 aromatic rings. The second-order valence-electron chi connectivity index (χ2n) is 2.97. The third-order valence-corrected chi connectivity index (χ3v) is 1.97. The maximum atomic E-state index is 8.83. The lowest BCUT2D eigenvalue weighted by molar-refractivity contribution is 0.627. The second-order valence-corrected chi connectivity index (χ2v) is 2.97. The van der Waals surface area contributed by atoms with Crippen LogP contribution in [0.25, 0.3) is 0 Å². The number of nitriles is 2. The Labute approximate surface area is 88.5 Å². The van der Waals surface area contributed by atoms with Crippen molar-refractivity contribution in [2.45, 2.75) is 18.9 Å². The van der Waals surface area contributed by atoms with Gasteiger partial charge in [0.2, 0.25) is 0 Å². The molecule has 0 saturated carbocycles. The molecule has 0 heterocycles. The molecule has 0 unspecified atom stereocenters. The fourth-order valence-corrected chi connectivity index (χ4v) is 0.936. The van der Waals surface area contributed by atoms with Crippen LogP contribution in [0.4, 0.5) is 5.69 Å². The Bertz CT molecular complexity index is 408. The van der Waals surface area contributed by atoms with E-state index in [1.54, 1.807) is 19.1 Å². The number of benzene rings is 1. The van der Waals surface area contributed by atoms with Gasteiger partial charge in [0.1, 0.15) is 12.1 Å². The Balaban J connectivity index is 2.91. The zero-order chi connectivity index (χ0) is 11.1. The minimum atomic E-state index is -1.35. The van der Waals surface area contributed by atoms with Gasteiger partial charge in [-0.2, -0.15) is 20.8 Å². The van der Waals surface area contributed by atoms with E-state index in [0.717, 1.165) is 0 Å². The van der Waals surface area contributed by atoms with Crippen molar-refractivity contribution in [2.75, 3.05) is 0 Å². The summed E-state index contributed by atoms with van der Waals surface area (Å²) in [4.78, 5) is 0. The number of nitrogens with zero attached hydrogens (tertiary/aromatic N) is 4. The monoisotopic (exact) mass is 198 g/mol. The van der Waals surface area contributed by atoms with Gasteiger partial charge in [-0.25, -0.2) is 0 Å². The molecule has 0 aliphatic heterocycles. The standard InChI is InChI=1S/C11H10N4/c1-2-11(8-12,9-13)15-14-10-6-4-3-5-7-10/h3-7H,2H2,1H3. The highest BCUT2D eigenvalue weighted by molar-refractivity contribution is 5.35. The van der Waals surface area contributed by atoms with Crippen molar-refractivity contribution in [3.05, 3.63) is 30.3 Å². The van der Waals surface area contributed by atoms with Crippen molar-refractivity contribution >= 4 is 5.69 Å². The summed E-state index contributed by atoms with van der Waals surface area (Å²) in [6.07, 6.45) is 0.330. The normalized spacial score (nSPS) is 10.9. The largest absolute Gasteiger partial charge is 0.252 e. The quantitative estimate of drug-likeness (QED) is 0.700. The van der Waals surface area contributed by atoms with Crippen LogP contribution in [-0.2, 0) is 0 Å². The van der Waals surface area contributed by atoms with Gasteiger partial charge in [-0.3, -0.25) is 0 Å². The van der Waals surface area contributed by atoms with Crippen LogP contribution in [0.3, 0.4) is 0 Å². The van der Waals surface area contributed by atoms with Gasteiger partial charge in [0.05, 0.1) is 5.69 Å². The lowest BCUT2D eigenvalue weighted by Gasteiger charge is -2.06. The van der Waals surface area contributed by atoms with E-state index in [1.807, 2.05) is 30.3 Å². The second kappa shape index (κ2) is 4.88.